The number of hydroxylamine groups is 1. The third-order valence-corrected chi connectivity index (χ3v) is 4.69. The number of carbonyl (C=O) groups excluding carboxylic acids is 2. The molecule has 1 unspecified atom stereocenters. The number of hydrogen-bond donors (Lipinski definition) is 3. The van der Waals surface area contributed by atoms with Gasteiger partial charge in [0, 0.05) is 11.6 Å². The highest BCUT2D eigenvalue weighted by molar-refractivity contribution is 6.30. The van der Waals surface area contributed by atoms with E-state index in [0.29, 0.717) is 16.5 Å². The first-order valence-electron chi connectivity index (χ1n) is 9.33. The minimum Gasteiger partial charge on any atom is -0.457 e. The highest BCUT2D eigenvalue weighted by atomic mass is 35.5. The molecule has 0 aliphatic heterocycles. The second-order valence-corrected chi connectivity index (χ2v) is 7.08. The van der Waals surface area contributed by atoms with Crippen molar-refractivity contribution in [3.63, 3.8) is 0 Å². The molecule has 3 N–H and O–H groups in total. The molecule has 0 aliphatic rings. The van der Waals surface area contributed by atoms with Crippen LogP contribution in [0.25, 0.3) is 0 Å². The van der Waals surface area contributed by atoms with E-state index in [0.717, 1.165) is 11.1 Å². The predicted octanol–water partition coefficient (Wildman–Crippen LogP) is 4.11. The Hall–Kier alpha value is -3.35. The Morgan fingerprint density at radius 2 is 1.57 bits per heavy atom. The molecular weight excluding hydrogens is 404 g/mol. The minimum absolute atomic E-state index is 0.102. The van der Waals surface area contributed by atoms with Crippen LogP contribution in [0.5, 0.6) is 11.5 Å². The van der Waals surface area contributed by atoms with Crippen LogP contribution in [0.4, 0.5) is 0 Å². The Morgan fingerprint density at radius 3 is 2.27 bits per heavy atom. The number of ether oxygens (including phenoxy) is 1. The molecule has 2 amide bonds. The van der Waals surface area contributed by atoms with E-state index in [1.54, 1.807) is 54.0 Å². The lowest BCUT2D eigenvalue weighted by atomic mass is 9.97. The molecular formula is C23H21ClN2O4. The number of hydrogen-bond acceptors (Lipinski definition) is 4. The van der Waals surface area contributed by atoms with Gasteiger partial charge in [-0.1, -0.05) is 54.1 Å². The molecule has 3 rings (SSSR count). The first kappa shape index (κ1) is 21.4. The molecule has 0 aromatic heterocycles. The maximum Gasteiger partial charge on any atom is 0.256 e. The molecule has 30 heavy (non-hydrogen) atoms. The van der Waals surface area contributed by atoms with Crippen LogP contribution in [-0.4, -0.2) is 17.0 Å². The third kappa shape index (κ3) is 6.07. The average molecular weight is 425 g/mol. The molecule has 7 heteroatoms. The highest BCUT2D eigenvalue weighted by Crippen LogP contribution is 2.23. The maximum atomic E-state index is 12.6. The lowest BCUT2D eigenvalue weighted by Gasteiger charge is -2.16. The summed E-state index contributed by atoms with van der Waals surface area (Å²) < 4.78 is 5.80. The monoisotopic (exact) mass is 424 g/mol. The van der Waals surface area contributed by atoms with Crippen molar-refractivity contribution in [2.24, 2.45) is 5.92 Å². The number of nitrogens with one attached hydrogen (secondary N) is 2. The van der Waals surface area contributed by atoms with E-state index in [1.165, 1.54) is 0 Å². The van der Waals surface area contributed by atoms with Crippen LogP contribution < -0.4 is 15.5 Å². The van der Waals surface area contributed by atoms with Crippen molar-refractivity contribution in [2.45, 2.75) is 13.0 Å². The van der Waals surface area contributed by atoms with Gasteiger partial charge in [-0.2, -0.15) is 0 Å². The van der Waals surface area contributed by atoms with Crippen molar-refractivity contribution in [1.82, 2.24) is 10.8 Å². The summed E-state index contributed by atoms with van der Waals surface area (Å²) in [5.41, 5.74) is 3.14. The van der Waals surface area contributed by atoms with Gasteiger partial charge in [0.1, 0.15) is 17.4 Å². The molecule has 0 saturated heterocycles. The lowest BCUT2D eigenvalue weighted by molar-refractivity contribution is -0.140. The lowest BCUT2D eigenvalue weighted by Crippen LogP contribution is -2.41. The first-order chi connectivity index (χ1) is 14.5. The molecule has 6 nitrogen and oxygen atoms in total. The Balaban J connectivity index is 1.68. The van der Waals surface area contributed by atoms with Gasteiger partial charge in [-0.25, -0.2) is 5.48 Å². The van der Waals surface area contributed by atoms with Crippen molar-refractivity contribution in [2.75, 3.05) is 0 Å². The van der Waals surface area contributed by atoms with E-state index in [1.807, 2.05) is 30.3 Å². The highest BCUT2D eigenvalue weighted by Gasteiger charge is 2.26. The van der Waals surface area contributed by atoms with E-state index in [4.69, 9.17) is 21.5 Å². The molecule has 3 aromatic rings. The smallest absolute Gasteiger partial charge is 0.256 e. The number of halogens is 1. The van der Waals surface area contributed by atoms with Crippen LogP contribution in [0.2, 0.25) is 5.02 Å². The van der Waals surface area contributed by atoms with E-state index in [9.17, 15) is 9.59 Å². The summed E-state index contributed by atoms with van der Waals surface area (Å²) in [5, 5.41) is 12.4. The molecule has 1 atom stereocenters. The Kier molecular flexibility index (Phi) is 7.43. The minimum atomic E-state index is -1.10. The molecule has 3 aromatic carbocycles. The van der Waals surface area contributed by atoms with E-state index in [2.05, 4.69) is 5.32 Å². The van der Waals surface area contributed by atoms with Crippen LogP contribution in [0.3, 0.4) is 0 Å². The van der Waals surface area contributed by atoms with Gasteiger partial charge in [-0.05, 0) is 53.9 Å². The molecule has 0 saturated carbocycles. The van der Waals surface area contributed by atoms with Gasteiger partial charge in [-0.3, -0.25) is 14.8 Å². The topological polar surface area (TPSA) is 87.7 Å². The Labute approximate surface area is 179 Å². The summed E-state index contributed by atoms with van der Waals surface area (Å²) in [6, 6.07) is 23.4. The number of rotatable bonds is 8. The molecule has 154 valence electrons. The van der Waals surface area contributed by atoms with Crippen LogP contribution in [0.15, 0.2) is 78.9 Å². The maximum absolute atomic E-state index is 12.6. The summed E-state index contributed by atoms with van der Waals surface area (Å²) in [6.07, 6.45) is 0.102. The van der Waals surface area contributed by atoms with Crippen molar-refractivity contribution in [3.8, 4) is 11.5 Å². The molecule has 0 fully saturated rings. The fraction of sp³-hybridized carbons (Fsp3) is 0.130. The zero-order valence-electron chi connectivity index (χ0n) is 16.0. The summed E-state index contributed by atoms with van der Waals surface area (Å²) in [4.78, 5) is 24.7. The van der Waals surface area contributed by atoms with Gasteiger partial charge < -0.3 is 10.1 Å². The number of amides is 2. The van der Waals surface area contributed by atoms with Crippen molar-refractivity contribution in [1.29, 1.82) is 0 Å². The van der Waals surface area contributed by atoms with Crippen LogP contribution >= 0.6 is 11.6 Å². The normalized spacial score (nSPS) is 11.4. The van der Waals surface area contributed by atoms with Crippen LogP contribution in [0, 0.1) is 5.92 Å². The van der Waals surface area contributed by atoms with Gasteiger partial charge in [0.15, 0.2) is 0 Å². The van der Waals surface area contributed by atoms with Crippen LogP contribution in [-0.2, 0) is 22.6 Å². The SMILES string of the molecule is O=C(NO)C(Cc1cccc(Oc2ccccc2)c1)C(=O)NCc1ccc(Cl)cc1. The Bertz CT molecular complexity index is 994. The molecule has 0 radical (unpaired) electrons. The second-order valence-electron chi connectivity index (χ2n) is 6.64. The van der Waals surface area contributed by atoms with Gasteiger partial charge in [-0.15, -0.1) is 0 Å². The van der Waals surface area contributed by atoms with Gasteiger partial charge in [0.25, 0.3) is 5.91 Å². The summed E-state index contributed by atoms with van der Waals surface area (Å²) >= 11 is 5.86. The van der Waals surface area contributed by atoms with Gasteiger partial charge in [0.2, 0.25) is 5.91 Å². The quantitative estimate of drug-likeness (QED) is 0.288. The largest absolute Gasteiger partial charge is 0.457 e. The summed E-state index contributed by atoms with van der Waals surface area (Å²) in [5.74, 6) is -1.11. The van der Waals surface area contributed by atoms with Crippen LogP contribution in [0.1, 0.15) is 11.1 Å². The van der Waals surface area contributed by atoms with Crippen molar-refractivity contribution < 1.29 is 19.5 Å². The number of carbonyl (C=O) groups is 2. The fourth-order valence-electron chi connectivity index (χ4n) is 2.89. The Morgan fingerprint density at radius 1 is 0.867 bits per heavy atom. The molecule has 0 bridgehead atoms. The zero-order valence-corrected chi connectivity index (χ0v) is 16.8. The average Bonchev–Trinajstić information content (AvgIpc) is 2.77. The standard InChI is InChI=1S/C23H21ClN2O4/c24-18-11-9-16(10-12-18)15-25-22(27)21(23(28)26-29)14-17-5-4-8-20(13-17)30-19-6-2-1-3-7-19/h1-13,21,29H,14-15H2,(H,25,27)(H,26,28). The van der Waals surface area contributed by atoms with Crippen molar-refractivity contribution >= 4 is 23.4 Å². The van der Waals surface area contributed by atoms with Crippen molar-refractivity contribution in [3.05, 3.63) is 95.0 Å². The first-order valence-corrected chi connectivity index (χ1v) is 9.71. The number of benzene rings is 3. The molecule has 0 aliphatic carbocycles. The van der Waals surface area contributed by atoms with E-state index < -0.39 is 17.7 Å². The predicted molar refractivity (Wildman–Crippen MR) is 113 cm³/mol. The van der Waals surface area contributed by atoms with Gasteiger partial charge in [0.05, 0.1) is 0 Å². The van der Waals surface area contributed by atoms with E-state index >= 15 is 0 Å². The third-order valence-electron chi connectivity index (χ3n) is 4.44. The zero-order chi connectivity index (χ0) is 21.3. The van der Waals surface area contributed by atoms with E-state index in [-0.39, 0.29) is 13.0 Å². The number of para-hydroxylation sites is 1. The van der Waals surface area contributed by atoms with Gasteiger partial charge >= 0.3 is 0 Å². The fourth-order valence-corrected chi connectivity index (χ4v) is 3.02. The molecule has 0 spiro atoms. The summed E-state index contributed by atoms with van der Waals surface area (Å²) in [7, 11) is 0. The second kappa shape index (κ2) is 10.4. The summed E-state index contributed by atoms with van der Waals surface area (Å²) in [6.45, 7) is 0.238. The molecule has 0 heterocycles.